The second-order valence-corrected chi connectivity index (χ2v) is 30.4. The Morgan fingerprint density at radius 2 is 0.786 bits per heavy atom. The fourth-order valence-electron chi connectivity index (χ4n) is 10.8. The molecule has 0 aliphatic heterocycles. The van der Waals surface area contributed by atoms with Gasteiger partial charge in [-0.3, -0.25) is 28.8 Å². The van der Waals surface area contributed by atoms with E-state index in [-0.39, 0.29) is 182 Å². The second-order valence-electron chi connectivity index (χ2n) is 26.8. The molecular formula is C80H115FN8O26S2. The highest BCUT2D eigenvalue weighted by Gasteiger charge is 2.21. The van der Waals surface area contributed by atoms with Crippen LogP contribution in [0.3, 0.4) is 0 Å². The van der Waals surface area contributed by atoms with Crippen LogP contribution in [0.15, 0.2) is 101 Å². The molecule has 3 amide bonds. The van der Waals surface area contributed by atoms with E-state index in [1.165, 1.54) is 138 Å². The molecule has 0 spiro atoms. The molecule has 37 heteroatoms. The zero-order valence-corrected chi connectivity index (χ0v) is 68.1. The molecule has 0 aliphatic rings. The number of carboxylic acid groups (broad SMARTS) is 4. The maximum Gasteiger partial charge on any atom is 0.329 e. The van der Waals surface area contributed by atoms with Gasteiger partial charge in [-0.2, -0.15) is 0 Å². The Labute approximate surface area is 683 Å². The van der Waals surface area contributed by atoms with Crippen LogP contribution in [-0.2, 0) is 98.7 Å². The number of aliphatic carboxylic acids is 4. The van der Waals surface area contributed by atoms with Crippen LogP contribution in [0.5, 0.6) is 17.2 Å². The molecule has 2 heterocycles. The third-order valence-corrected chi connectivity index (χ3v) is 19.9. The molecule has 0 saturated carbocycles. The monoisotopic (exact) mass is 1690 g/mol. The van der Waals surface area contributed by atoms with Crippen LogP contribution in [0.4, 0.5) is 10.3 Å². The van der Waals surface area contributed by atoms with Gasteiger partial charge in [-0.05, 0) is 111 Å². The standard InChI is InChI=1S/C42H66N4O13S.C38H49FN4O13S/c47-36(17-16-24-55-27-30-58-34-40(50)51)33-57-29-28-56-26-23-43-41(52)35-31-44-42(45-32-35)46-60(53,54)38-21-19-37(20-22-38)59-25-15-13-11-9-7-5-3-1-2-4-6-8-10-12-14-18-39(48)49;39-33-13-10-31(22-28(33)6-4-2-1-3-5-7-36(45)46)56-30-8-11-32(12-9-30)57(50,51)27-34-42-23-29(24-43-34)38(49)41-15-17-53-18-20-54-25-35(44)40-14-16-52-19-21-55-26-37(47)48/h19-22,31-32H,1-18,23-30,33-34H2,(H,43,52)(H,48,49)(H,50,51)(H,44,45,46);8-13,22-24H,1-7,14-21,25-27H2,(H,40,44)(H,41,49)(H,45,46)(H,47,48). The summed E-state index contributed by atoms with van der Waals surface area (Å²) in [6, 6.07) is 16.3. The lowest BCUT2D eigenvalue weighted by Crippen LogP contribution is -2.31. The smallest absolute Gasteiger partial charge is 0.329 e. The number of aryl methyl sites for hydroxylation is 1. The van der Waals surface area contributed by atoms with Crippen molar-refractivity contribution in [3.63, 3.8) is 0 Å². The highest BCUT2D eigenvalue weighted by Crippen LogP contribution is 2.28. The van der Waals surface area contributed by atoms with Gasteiger partial charge in [-0.15, -0.1) is 0 Å². The van der Waals surface area contributed by atoms with Crippen LogP contribution in [0.1, 0.15) is 186 Å². The summed E-state index contributed by atoms with van der Waals surface area (Å²) in [5.41, 5.74) is 0.757. The predicted molar refractivity (Wildman–Crippen MR) is 425 cm³/mol. The highest BCUT2D eigenvalue weighted by atomic mass is 32.2. The Morgan fingerprint density at radius 1 is 0.376 bits per heavy atom. The number of carbonyl (C=O) groups is 8. The van der Waals surface area contributed by atoms with Crippen molar-refractivity contribution in [2.75, 3.05) is 137 Å². The maximum absolute atomic E-state index is 14.4. The van der Waals surface area contributed by atoms with Gasteiger partial charge in [0.1, 0.15) is 61.1 Å². The number of anilines is 1. The number of hydrogen-bond acceptors (Lipinski definition) is 26. The third kappa shape index (κ3) is 50.2. The van der Waals surface area contributed by atoms with Crippen LogP contribution < -0.4 is 30.1 Å². The summed E-state index contributed by atoms with van der Waals surface area (Å²) in [5.74, 6) is -4.67. The highest BCUT2D eigenvalue weighted by molar-refractivity contribution is 7.92. The number of rotatable bonds is 70. The Morgan fingerprint density at radius 3 is 1.28 bits per heavy atom. The molecule has 0 atom stereocenters. The van der Waals surface area contributed by atoms with Gasteiger partial charge in [0.2, 0.25) is 11.9 Å². The van der Waals surface area contributed by atoms with Gasteiger partial charge in [0.15, 0.2) is 15.6 Å². The molecule has 34 nitrogen and oxygen atoms in total. The SMILES string of the molecule is O=C(O)CCCCCCCCCCCCCCCCCOc1ccc(S(=O)(=O)Nc2ncc(C(=O)NCCOCCOCC(=O)CCCOCCOCC(=O)O)cn2)cc1.O=C(O)CCCCCCCc1cc(Oc2ccc(S(=O)(=O)Cc3ncc(C(=O)NCCOCCOCC(=O)NCCOCCOCC(=O)O)cn3)cc2)ccc1F. The van der Waals surface area contributed by atoms with Gasteiger partial charge in [-0.25, -0.2) is 55.5 Å². The summed E-state index contributed by atoms with van der Waals surface area (Å²) < 4.78 is 122. The normalized spacial score (nSPS) is 11.3. The summed E-state index contributed by atoms with van der Waals surface area (Å²) in [6.07, 6.45) is 28.0. The number of nitrogens with zero attached hydrogens (tertiary/aromatic N) is 4. The molecule has 0 unspecified atom stereocenters. The molecule has 0 aliphatic carbocycles. The van der Waals surface area contributed by atoms with Crippen LogP contribution in [0.25, 0.3) is 0 Å². The number of amides is 3. The summed E-state index contributed by atoms with van der Waals surface area (Å²) in [6.45, 7) is 2.63. The van der Waals surface area contributed by atoms with Crippen LogP contribution >= 0.6 is 0 Å². The Bertz CT molecular complexity index is 3890. The summed E-state index contributed by atoms with van der Waals surface area (Å²) in [7, 11) is -7.82. The summed E-state index contributed by atoms with van der Waals surface area (Å²) >= 11 is 0. The second kappa shape index (κ2) is 62.0. The number of Topliss-reactive ketones (excluding diaryl/α,β-unsaturated/α-hetero) is 1. The van der Waals surface area contributed by atoms with Gasteiger partial charge in [0, 0.05) is 70.3 Å². The first kappa shape index (κ1) is 100. The lowest BCUT2D eigenvalue weighted by Gasteiger charge is -2.10. The maximum atomic E-state index is 14.4. The number of carboxylic acids is 4. The molecule has 0 saturated heterocycles. The minimum atomic E-state index is -3.98. The van der Waals surface area contributed by atoms with Crippen LogP contribution in [0, 0.1) is 5.82 Å². The van der Waals surface area contributed by atoms with E-state index in [0.29, 0.717) is 55.3 Å². The molecule has 650 valence electrons. The van der Waals surface area contributed by atoms with E-state index >= 15 is 0 Å². The number of halogens is 1. The minimum Gasteiger partial charge on any atom is -0.494 e. The molecule has 5 rings (SSSR count). The first-order chi connectivity index (χ1) is 56.5. The molecule has 0 radical (unpaired) electrons. The Hall–Kier alpha value is -9.31. The number of benzene rings is 3. The van der Waals surface area contributed by atoms with Crippen LogP contribution in [-0.4, -0.2) is 237 Å². The molecule has 3 aromatic carbocycles. The first-order valence-corrected chi connectivity index (χ1v) is 42.6. The number of sulfonamides is 1. The van der Waals surface area contributed by atoms with Crippen molar-refractivity contribution in [1.82, 2.24) is 35.9 Å². The van der Waals surface area contributed by atoms with E-state index in [1.54, 1.807) is 18.2 Å². The number of sulfone groups is 1. The number of carbonyl (C=O) groups excluding carboxylic acids is 4. The minimum absolute atomic E-state index is 0.00334. The topological polar surface area (TPSA) is 478 Å². The molecule has 117 heavy (non-hydrogen) atoms. The van der Waals surface area contributed by atoms with Crippen molar-refractivity contribution < 1.29 is 127 Å². The van der Waals surface area contributed by atoms with E-state index in [9.17, 15) is 59.6 Å². The van der Waals surface area contributed by atoms with Gasteiger partial charge < -0.3 is 83.7 Å². The van der Waals surface area contributed by atoms with E-state index in [4.69, 9.17) is 67.8 Å². The van der Waals surface area contributed by atoms with Crippen molar-refractivity contribution in [3.05, 3.63) is 120 Å². The lowest BCUT2D eigenvalue weighted by molar-refractivity contribution is -0.143. The number of unbranched alkanes of at least 4 members (excludes halogenated alkanes) is 18. The number of ether oxygens (including phenoxy) is 10. The molecule has 5 aromatic rings. The average Bonchev–Trinajstić information content (AvgIpc) is 0.827. The van der Waals surface area contributed by atoms with E-state index in [0.717, 1.165) is 57.8 Å². The number of ketones is 1. The largest absolute Gasteiger partial charge is 0.494 e. The fraction of sp³-hybridized carbons (Fsp3) is 0.575. The van der Waals surface area contributed by atoms with Gasteiger partial charge in [0.05, 0.1) is 100 Å². The Kier molecular flexibility index (Phi) is 53.0. The van der Waals surface area contributed by atoms with E-state index in [2.05, 4.69) is 40.6 Å². The number of hydrogen-bond donors (Lipinski definition) is 8. The number of aromatic nitrogens is 4. The first-order valence-electron chi connectivity index (χ1n) is 39.5. The molecule has 8 N–H and O–H groups in total. The average molecular weight is 1690 g/mol. The number of nitrogens with one attached hydrogen (secondary N) is 4. The van der Waals surface area contributed by atoms with Crippen molar-refractivity contribution in [3.8, 4) is 17.2 Å². The molecule has 2 aromatic heterocycles. The quantitative estimate of drug-likeness (QED) is 0.0168. The fourth-order valence-corrected chi connectivity index (χ4v) is 13.0. The predicted octanol–water partition coefficient (Wildman–Crippen LogP) is 9.56. The molecule has 0 bridgehead atoms. The van der Waals surface area contributed by atoms with Gasteiger partial charge >= 0.3 is 23.9 Å². The van der Waals surface area contributed by atoms with Crippen molar-refractivity contribution in [1.29, 1.82) is 0 Å². The molecular weight excluding hydrogens is 1570 g/mol. The van der Waals surface area contributed by atoms with Crippen LogP contribution in [0.2, 0.25) is 0 Å². The van der Waals surface area contributed by atoms with E-state index in [1.807, 2.05) is 0 Å². The zero-order valence-electron chi connectivity index (χ0n) is 66.4. The van der Waals surface area contributed by atoms with E-state index < -0.39 is 67.9 Å². The summed E-state index contributed by atoms with van der Waals surface area (Å²) in [5, 5.41) is 42.2. The van der Waals surface area contributed by atoms with Gasteiger partial charge in [-0.1, -0.05) is 103 Å². The molecule has 0 fully saturated rings. The third-order valence-electron chi connectivity index (χ3n) is 16.9. The zero-order chi connectivity index (χ0) is 84.8. The lowest BCUT2D eigenvalue weighted by atomic mass is 10.0. The Balaban J connectivity index is 0.000000493. The van der Waals surface area contributed by atoms with Crippen molar-refractivity contribution >= 4 is 73.2 Å². The van der Waals surface area contributed by atoms with Crippen molar-refractivity contribution in [2.24, 2.45) is 0 Å². The summed E-state index contributed by atoms with van der Waals surface area (Å²) in [4.78, 5) is 106. The van der Waals surface area contributed by atoms with Crippen molar-refractivity contribution in [2.45, 2.75) is 176 Å². The van der Waals surface area contributed by atoms with Gasteiger partial charge in [0.25, 0.3) is 21.8 Å².